The van der Waals surface area contributed by atoms with Gasteiger partial charge < -0.3 is 5.32 Å². The summed E-state index contributed by atoms with van der Waals surface area (Å²) in [7, 11) is 0. The smallest absolute Gasteiger partial charge is 0.220 e. The molecule has 1 heterocycles. The largest absolute Gasteiger partial charge is 0.350 e. The van der Waals surface area contributed by atoms with Crippen molar-refractivity contribution in [2.24, 2.45) is 11.8 Å². The van der Waals surface area contributed by atoms with Gasteiger partial charge in [0.15, 0.2) is 0 Å². The second-order valence-corrected chi connectivity index (χ2v) is 5.44. The minimum absolute atomic E-state index is 0.155. The number of nitrogens with zero attached hydrogens (tertiary/aromatic N) is 1. The molecule has 0 spiro atoms. The van der Waals surface area contributed by atoms with Gasteiger partial charge in [-0.05, 0) is 17.9 Å². The fourth-order valence-electron chi connectivity index (χ4n) is 2.81. The monoisotopic (exact) mass is 249 g/mol. The topological polar surface area (TPSA) is 57.8 Å². The molecule has 1 aliphatic rings. The van der Waals surface area contributed by atoms with Crippen LogP contribution >= 0.6 is 0 Å². The lowest BCUT2D eigenvalue weighted by Crippen LogP contribution is -2.27. The Bertz CT molecular complexity index is 355. The maximum Gasteiger partial charge on any atom is 0.220 e. The second kappa shape index (κ2) is 6.57. The van der Waals surface area contributed by atoms with Crippen LogP contribution in [-0.2, 0) is 11.3 Å². The molecule has 0 radical (unpaired) electrons. The maximum absolute atomic E-state index is 11.8. The van der Waals surface area contributed by atoms with Crippen molar-refractivity contribution in [1.82, 2.24) is 15.5 Å². The molecule has 4 nitrogen and oxygen atoms in total. The molecule has 0 unspecified atom stereocenters. The molecule has 1 aliphatic carbocycles. The molecule has 0 aliphatic heterocycles. The summed E-state index contributed by atoms with van der Waals surface area (Å²) in [6.45, 7) is 2.77. The van der Waals surface area contributed by atoms with Gasteiger partial charge in [-0.3, -0.25) is 9.89 Å². The first kappa shape index (κ1) is 13.1. The summed E-state index contributed by atoms with van der Waals surface area (Å²) in [5.74, 6) is 1.41. The van der Waals surface area contributed by atoms with E-state index in [2.05, 4.69) is 22.4 Å². The van der Waals surface area contributed by atoms with Gasteiger partial charge in [-0.15, -0.1) is 0 Å². The molecule has 1 atom stereocenters. The standard InChI is InChI=1S/C14H23N3O/c1-11(12-5-3-2-4-6-12)9-14(18)15-10-13-7-8-16-17-13/h7-8,11-12H,2-6,9-10H2,1H3,(H,15,18)(H,16,17)/t11-/m0/s1. The first-order valence-electron chi connectivity index (χ1n) is 7.00. The van der Waals surface area contributed by atoms with E-state index >= 15 is 0 Å². The SMILES string of the molecule is C[C@@H](CC(=O)NCc1ccn[nH]1)C1CCCCC1. The number of aromatic nitrogens is 2. The average molecular weight is 249 g/mol. The van der Waals surface area contributed by atoms with E-state index in [4.69, 9.17) is 0 Å². The normalized spacial score (nSPS) is 18.5. The molecule has 1 amide bonds. The van der Waals surface area contributed by atoms with Gasteiger partial charge in [0.25, 0.3) is 0 Å². The Morgan fingerprint density at radius 1 is 1.50 bits per heavy atom. The molecule has 18 heavy (non-hydrogen) atoms. The Kier molecular flexibility index (Phi) is 4.79. The summed E-state index contributed by atoms with van der Waals surface area (Å²) < 4.78 is 0. The van der Waals surface area contributed by atoms with Crippen molar-refractivity contribution in [3.63, 3.8) is 0 Å². The maximum atomic E-state index is 11.8. The van der Waals surface area contributed by atoms with Crippen LogP contribution in [0.15, 0.2) is 12.3 Å². The predicted molar refractivity (Wildman–Crippen MR) is 70.8 cm³/mol. The minimum atomic E-state index is 0.155. The summed E-state index contributed by atoms with van der Waals surface area (Å²) in [6, 6.07) is 1.88. The molecular formula is C14H23N3O. The van der Waals surface area contributed by atoms with E-state index in [0.717, 1.165) is 11.6 Å². The van der Waals surface area contributed by atoms with Crippen LogP contribution in [0.3, 0.4) is 0 Å². The van der Waals surface area contributed by atoms with Crippen LogP contribution < -0.4 is 5.32 Å². The zero-order valence-corrected chi connectivity index (χ0v) is 11.1. The van der Waals surface area contributed by atoms with Crippen molar-refractivity contribution in [1.29, 1.82) is 0 Å². The van der Waals surface area contributed by atoms with Gasteiger partial charge in [-0.25, -0.2) is 0 Å². The third kappa shape index (κ3) is 3.86. The fraction of sp³-hybridized carbons (Fsp3) is 0.714. The van der Waals surface area contributed by atoms with Gasteiger partial charge in [-0.1, -0.05) is 39.0 Å². The zero-order valence-electron chi connectivity index (χ0n) is 11.1. The Balaban J connectivity index is 1.69. The van der Waals surface area contributed by atoms with E-state index < -0.39 is 0 Å². The molecule has 1 fully saturated rings. The van der Waals surface area contributed by atoms with E-state index in [1.807, 2.05) is 6.07 Å². The Morgan fingerprint density at radius 3 is 2.94 bits per heavy atom. The number of carbonyl (C=O) groups is 1. The molecule has 1 aromatic heterocycles. The third-order valence-electron chi connectivity index (χ3n) is 4.00. The van der Waals surface area contributed by atoms with Crippen LogP contribution in [0.1, 0.15) is 51.1 Å². The van der Waals surface area contributed by atoms with E-state index in [1.165, 1.54) is 32.1 Å². The average Bonchev–Trinajstić information content (AvgIpc) is 2.90. The molecule has 1 aromatic rings. The predicted octanol–water partition coefficient (Wildman–Crippen LogP) is 2.63. The first-order valence-corrected chi connectivity index (χ1v) is 7.00. The van der Waals surface area contributed by atoms with Crippen LogP contribution in [0.2, 0.25) is 0 Å². The third-order valence-corrected chi connectivity index (χ3v) is 4.00. The van der Waals surface area contributed by atoms with E-state index in [9.17, 15) is 4.79 Å². The summed E-state index contributed by atoms with van der Waals surface area (Å²) in [5, 5.41) is 9.65. The lowest BCUT2D eigenvalue weighted by molar-refractivity contribution is -0.122. The summed E-state index contributed by atoms with van der Waals surface area (Å²) >= 11 is 0. The molecular weight excluding hydrogens is 226 g/mol. The number of aromatic amines is 1. The van der Waals surface area contributed by atoms with E-state index in [0.29, 0.717) is 18.9 Å². The number of hydrogen-bond acceptors (Lipinski definition) is 2. The van der Waals surface area contributed by atoms with Crippen LogP contribution in [-0.4, -0.2) is 16.1 Å². The molecule has 0 aromatic carbocycles. The number of H-pyrrole nitrogens is 1. The molecule has 4 heteroatoms. The molecule has 0 bridgehead atoms. The van der Waals surface area contributed by atoms with Gasteiger partial charge in [0.1, 0.15) is 0 Å². The van der Waals surface area contributed by atoms with Crippen LogP contribution in [0.4, 0.5) is 0 Å². The van der Waals surface area contributed by atoms with Crippen molar-refractivity contribution in [3.8, 4) is 0 Å². The van der Waals surface area contributed by atoms with Crippen molar-refractivity contribution in [3.05, 3.63) is 18.0 Å². The quantitative estimate of drug-likeness (QED) is 0.842. The fourth-order valence-corrected chi connectivity index (χ4v) is 2.81. The highest BCUT2D eigenvalue weighted by Crippen LogP contribution is 2.31. The van der Waals surface area contributed by atoms with Crippen LogP contribution in [0, 0.1) is 11.8 Å². The van der Waals surface area contributed by atoms with Crippen LogP contribution in [0.25, 0.3) is 0 Å². The summed E-state index contributed by atoms with van der Waals surface area (Å²) in [4.78, 5) is 11.8. The van der Waals surface area contributed by atoms with Gasteiger partial charge in [0, 0.05) is 12.6 Å². The minimum Gasteiger partial charge on any atom is -0.350 e. The van der Waals surface area contributed by atoms with Gasteiger partial charge in [-0.2, -0.15) is 5.10 Å². The van der Waals surface area contributed by atoms with Crippen molar-refractivity contribution >= 4 is 5.91 Å². The number of rotatable bonds is 5. The number of hydrogen-bond donors (Lipinski definition) is 2. The lowest BCUT2D eigenvalue weighted by atomic mass is 9.79. The Labute approximate surface area is 109 Å². The lowest BCUT2D eigenvalue weighted by Gasteiger charge is -2.27. The second-order valence-electron chi connectivity index (χ2n) is 5.44. The van der Waals surface area contributed by atoms with Gasteiger partial charge in [0.2, 0.25) is 5.91 Å². The molecule has 2 N–H and O–H groups in total. The number of carbonyl (C=O) groups excluding carboxylic acids is 1. The molecule has 2 rings (SSSR count). The van der Waals surface area contributed by atoms with Gasteiger partial charge >= 0.3 is 0 Å². The molecule has 1 saturated carbocycles. The van der Waals surface area contributed by atoms with Gasteiger partial charge in [0.05, 0.1) is 12.2 Å². The van der Waals surface area contributed by atoms with Crippen LogP contribution in [0.5, 0.6) is 0 Å². The zero-order chi connectivity index (χ0) is 12.8. The van der Waals surface area contributed by atoms with Crippen molar-refractivity contribution in [2.75, 3.05) is 0 Å². The van der Waals surface area contributed by atoms with Crippen molar-refractivity contribution < 1.29 is 4.79 Å². The summed E-state index contributed by atoms with van der Waals surface area (Å²) in [6.07, 6.45) is 9.00. The van der Waals surface area contributed by atoms with E-state index in [1.54, 1.807) is 6.20 Å². The Morgan fingerprint density at radius 2 is 2.28 bits per heavy atom. The number of amides is 1. The highest BCUT2D eigenvalue weighted by molar-refractivity contribution is 5.76. The molecule has 0 saturated heterocycles. The number of nitrogens with one attached hydrogen (secondary N) is 2. The highest BCUT2D eigenvalue weighted by Gasteiger charge is 2.21. The summed E-state index contributed by atoms with van der Waals surface area (Å²) in [5.41, 5.74) is 0.952. The Hall–Kier alpha value is -1.32. The highest BCUT2D eigenvalue weighted by atomic mass is 16.1. The van der Waals surface area contributed by atoms with E-state index in [-0.39, 0.29) is 5.91 Å². The first-order chi connectivity index (χ1) is 8.75. The van der Waals surface area contributed by atoms with Crippen molar-refractivity contribution in [2.45, 2.75) is 52.0 Å². The molecule has 100 valence electrons.